The minimum absolute atomic E-state index is 0.624. The van der Waals surface area contributed by atoms with Crippen LogP contribution in [0.1, 0.15) is 349 Å². The summed E-state index contributed by atoms with van der Waals surface area (Å²) in [5.74, 6) is 5.00. The maximum atomic E-state index is 2.92. The van der Waals surface area contributed by atoms with E-state index in [2.05, 4.69) is 131 Å². The highest BCUT2D eigenvalue weighted by atomic mass is 15.2. The lowest BCUT2D eigenvalue weighted by atomic mass is 9.79. The first-order chi connectivity index (χ1) is 43.6. The molecule has 0 aliphatic heterocycles. The molecule has 8 saturated carbocycles. The van der Waals surface area contributed by atoms with Crippen LogP contribution in [0.15, 0.2) is 121 Å². The van der Waals surface area contributed by atoms with E-state index in [0.29, 0.717) is 47.3 Å². The molecule has 8 fully saturated rings. The fourth-order valence-corrected chi connectivity index (χ4v) is 19.9. The molecular weight excluding hydrogens is 1060 g/mol. The second-order valence-electron chi connectivity index (χ2n) is 30.6. The molecule has 0 radical (unpaired) electrons. The van der Waals surface area contributed by atoms with Gasteiger partial charge in [0, 0.05) is 44.3 Å². The van der Waals surface area contributed by atoms with E-state index < -0.39 is 0 Å². The molecule has 2 nitrogen and oxygen atoms in total. The molecule has 462 valence electrons. The highest BCUT2D eigenvalue weighted by Gasteiger charge is 2.33. The topological polar surface area (TPSA) is 6.48 Å². The quantitative estimate of drug-likeness (QED) is 0.0791. The van der Waals surface area contributed by atoms with E-state index in [-0.39, 0.29) is 0 Å². The van der Waals surface area contributed by atoms with E-state index in [1.54, 1.807) is 44.5 Å². The van der Waals surface area contributed by atoms with Crippen LogP contribution in [-0.2, 0) is 0 Å². The van der Waals surface area contributed by atoms with Gasteiger partial charge in [-0.05, 0) is 243 Å². The van der Waals surface area contributed by atoms with E-state index >= 15 is 0 Å². The predicted octanol–water partition coefficient (Wildman–Crippen LogP) is 27.3. The normalized spacial score (nSPS) is 21.7. The zero-order chi connectivity index (χ0) is 58.6. The number of fused-ring (bicyclic) bond motifs is 2. The number of hydrogen-bond donors (Lipinski definition) is 0. The lowest BCUT2D eigenvalue weighted by Gasteiger charge is -2.36. The van der Waals surface area contributed by atoms with Gasteiger partial charge in [0.05, 0.1) is 11.4 Å². The minimum atomic E-state index is 0.624. The zero-order valence-corrected chi connectivity index (χ0v) is 54.3. The summed E-state index contributed by atoms with van der Waals surface area (Å²) < 4.78 is 0. The Balaban J connectivity index is 1.02. The molecule has 15 rings (SSSR count). The van der Waals surface area contributed by atoms with Crippen LogP contribution in [0, 0.1) is 0 Å². The molecule has 0 amide bonds. The molecule has 0 heterocycles. The van der Waals surface area contributed by atoms with Crippen molar-refractivity contribution in [3.05, 3.63) is 166 Å². The van der Waals surface area contributed by atoms with Crippen LogP contribution in [0.2, 0.25) is 0 Å². The fraction of sp³-hybridized carbons (Fsp3) is 0.558. The Morgan fingerprint density at radius 3 is 0.477 bits per heavy atom. The summed E-state index contributed by atoms with van der Waals surface area (Å²) in [6, 6.07) is 53.0. The molecule has 7 aromatic carbocycles. The first-order valence-electron chi connectivity index (χ1n) is 37.8. The molecule has 7 aromatic rings. The van der Waals surface area contributed by atoms with Crippen LogP contribution in [0.3, 0.4) is 0 Å². The Labute approximate surface area is 532 Å². The smallest absolute Gasteiger partial charge is 0.0619 e. The van der Waals surface area contributed by atoms with E-state index in [1.165, 1.54) is 313 Å². The third-order valence-corrected chi connectivity index (χ3v) is 24.8. The number of benzene rings is 7. The van der Waals surface area contributed by atoms with Gasteiger partial charge in [-0.3, -0.25) is 0 Å². The van der Waals surface area contributed by atoms with Crippen LogP contribution in [0.25, 0.3) is 21.5 Å². The van der Waals surface area contributed by atoms with Gasteiger partial charge in [0.15, 0.2) is 0 Å². The highest BCUT2D eigenvalue weighted by Crippen LogP contribution is 2.55. The zero-order valence-electron chi connectivity index (χ0n) is 54.3. The molecule has 0 atom stereocenters. The van der Waals surface area contributed by atoms with Crippen molar-refractivity contribution in [1.29, 1.82) is 0 Å². The summed E-state index contributed by atoms with van der Waals surface area (Å²) in [7, 11) is 0. The van der Waals surface area contributed by atoms with Crippen molar-refractivity contribution in [1.82, 2.24) is 0 Å². The number of nitrogens with zero attached hydrogens (tertiary/aromatic N) is 2. The van der Waals surface area contributed by atoms with Gasteiger partial charge in [-0.1, -0.05) is 227 Å². The predicted molar refractivity (Wildman–Crippen MR) is 377 cm³/mol. The monoisotopic (exact) mass is 1170 g/mol. The number of anilines is 6. The Bertz CT molecular complexity index is 2860. The standard InChI is InChI=1S/C86H108N2/c1-9-29-61(30-10-1)69-49-70(62-31-11-2-12-32-62)54-77(53-69)87(78-55-71(63-33-13-3-14-34-63)50-72(56-78)64-35-15-4-16-36-64)85-81-45-25-27-47-83(81)86(84-48-28-26-46-82(84)85)88(79-57-73(65-37-17-5-18-38-65)51-74(58-79)66-39-19-6-20-40-66)80-59-75(67-41-21-7-22-42-67)52-76(60-80)68-43-23-8-24-44-68/h25-28,45-68H,1-24,29-44H2. The first-order valence-corrected chi connectivity index (χ1v) is 37.8. The SMILES string of the molecule is c1ccc2c(N(c3cc(C4CCCCC4)cc(C4CCCCC4)c3)c3cc(C4CCCCC4)cc(C4CCCCC4)c3)c3ccccc3c(N(c3cc(C4CCCCC4)cc(C4CCCCC4)c3)c3cc(C4CCCCC4)cc(C4CCCCC4)c3)c2c1. The van der Waals surface area contributed by atoms with E-state index in [9.17, 15) is 0 Å². The van der Waals surface area contributed by atoms with Crippen LogP contribution < -0.4 is 9.80 Å². The molecule has 0 bridgehead atoms. The van der Waals surface area contributed by atoms with E-state index in [4.69, 9.17) is 0 Å². The lowest BCUT2D eigenvalue weighted by molar-refractivity contribution is 0.435. The maximum absolute atomic E-state index is 2.92. The van der Waals surface area contributed by atoms with Gasteiger partial charge in [-0.15, -0.1) is 0 Å². The summed E-state index contributed by atoms with van der Waals surface area (Å²) in [5.41, 5.74) is 21.4. The van der Waals surface area contributed by atoms with Crippen molar-refractivity contribution >= 4 is 55.7 Å². The summed E-state index contributed by atoms with van der Waals surface area (Å²) in [6.45, 7) is 0. The van der Waals surface area contributed by atoms with Crippen LogP contribution >= 0.6 is 0 Å². The second kappa shape index (κ2) is 27.6. The largest absolute Gasteiger partial charge is 0.309 e. The van der Waals surface area contributed by atoms with Crippen molar-refractivity contribution in [3.63, 3.8) is 0 Å². The van der Waals surface area contributed by atoms with Crippen LogP contribution in [-0.4, -0.2) is 0 Å². The van der Waals surface area contributed by atoms with Gasteiger partial charge in [0.2, 0.25) is 0 Å². The van der Waals surface area contributed by atoms with E-state index in [0.717, 1.165) is 0 Å². The maximum Gasteiger partial charge on any atom is 0.0619 e. The van der Waals surface area contributed by atoms with Gasteiger partial charge in [0.25, 0.3) is 0 Å². The first kappa shape index (κ1) is 59.0. The van der Waals surface area contributed by atoms with Crippen molar-refractivity contribution in [3.8, 4) is 0 Å². The lowest BCUT2D eigenvalue weighted by Crippen LogP contribution is -2.18. The average Bonchev–Trinajstić information content (AvgIpc) is 0.810. The molecule has 0 saturated heterocycles. The van der Waals surface area contributed by atoms with Gasteiger partial charge >= 0.3 is 0 Å². The Morgan fingerprint density at radius 1 is 0.182 bits per heavy atom. The van der Waals surface area contributed by atoms with Gasteiger partial charge in [-0.25, -0.2) is 0 Å². The Kier molecular flexibility index (Phi) is 18.5. The fourth-order valence-electron chi connectivity index (χ4n) is 19.9. The van der Waals surface area contributed by atoms with Gasteiger partial charge in [0.1, 0.15) is 0 Å². The molecule has 88 heavy (non-hydrogen) atoms. The van der Waals surface area contributed by atoms with Crippen molar-refractivity contribution in [2.75, 3.05) is 9.80 Å². The van der Waals surface area contributed by atoms with Crippen molar-refractivity contribution in [2.45, 2.75) is 304 Å². The Morgan fingerprint density at radius 2 is 0.330 bits per heavy atom. The average molecular weight is 1170 g/mol. The van der Waals surface area contributed by atoms with Crippen LogP contribution in [0.4, 0.5) is 34.1 Å². The van der Waals surface area contributed by atoms with Gasteiger partial charge in [-0.2, -0.15) is 0 Å². The molecule has 0 spiro atoms. The molecule has 0 N–H and O–H groups in total. The molecule has 8 aliphatic carbocycles. The van der Waals surface area contributed by atoms with Crippen molar-refractivity contribution in [2.24, 2.45) is 0 Å². The summed E-state index contributed by atoms with van der Waals surface area (Å²) in [6.07, 6.45) is 53.9. The van der Waals surface area contributed by atoms with E-state index in [1.807, 2.05) is 0 Å². The molecule has 0 aromatic heterocycles. The molecular formula is C86H108N2. The molecule has 2 heteroatoms. The Hall–Kier alpha value is -5.34. The highest BCUT2D eigenvalue weighted by molar-refractivity contribution is 6.23. The minimum Gasteiger partial charge on any atom is -0.309 e. The number of hydrogen-bond acceptors (Lipinski definition) is 2. The van der Waals surface area contributed by atoms with Crippen molar-refractivity contribution < 1.29 is 0 Å². The number of rotatable bonds is 14. The summed E-state index contributed by atoms with van der Waals surface area (Å²) in [5, 5.41) is 5.55. The molecule has 8 aliphatic rings. The third kappa shape index (κ3) is 12.7. The second-order valence-corrected chi connectivity index (χ2v) is 30.6. The molecule has 0 unspecified atom stereocenters. The summed E-state index contributed by atoms with van der Waals surface area (Å²) in [4.78, 5) is 5.84. The van der Waals surface area contributed by atoms with Gasteiger partial charge < -0.3 is 9.80 Å². The van der Waals surface area contributed by atoms with Crippen LogP contribution in [0.5, 0.6) is 0 Å². The third-order valence-electron chi connectivity index (χ3n) is 24.8. The summed E-state index contributed by atoms with van der Waals surface area (Å²) >= 11 is 0.